The molecule has 0 aliphatic heterocycles. The molecule has 3 rings (SSSR count). The second kappa shape index (κ2) is 4.94. The Kier molecular flexibility index (Phi) is 3.29. The number of hydrogen-bond donors (Lipinski definition) is 0. The topological polar surface area (TPSA) is 0 Å². The average molecular weight is 292 g/mol. The van der Waals surface area contributed by atoms with Gasteiger partial charge in [-0.3, -0.25) is 0 Å². The third-order valence-corrected chi connectivity index (χ3v) is 5.45. The summed E-state index contributed by atoms with van der Waals surface area (Å²) in [6, 6.07) is 11.3. The molecule has 0 aliphatic carbocycles. The van der Waals surface area contributed by atoms with Crippen LogP contribution in [-0.4, -0.2) is 0 Å². The van der Waals surface area contributed by atoms with Crippen molar-refractivity contribution in [2.75, 3.05) is 0 Å². The molecule has 0 N–H and O–H groups in total. The highest BCUT2D eigenvalue weighted by atomic mass is 32.2. The third kappa shape index (κ3) is 2.51. The molecular weight excluding hydrogens is 282 g/mol. The van der Waals surface area contributed by atoms with E-state index in [0.29, 0.717) is 0 Å². The Morgan fingerprint density at radius 1 is 0.947 bits per heavy atom. The Morgan fingerprint density at radius 3 is 2.37 bits per heavy atom. The minimum absolute atomic E-state index is 0.216. The number of aryl methyl sites for hydroxylation is 1. The van der Waals surface area contributed by atoms with Gasteiger partial charge in [0.15, 0.2) is 0 Å². The van der Waals surface area contributed by atoms with Crippen molar-refractivity contribution in [1.82, 2.24) is 0 Å². The number of halogens is 2. The van der Waals surface area contributed by atoms with Gasteiger partial charge < -0.3 is 0 Å². The van der Waals surface area contributed by atoms with Crippen LogP contribution in [0.5, 0.6) is 0 Å². The fourth-order valence-corrected chi connectivity index (χ4v) is 4.27. The number of benzene rings is 2. The lowest BCUT2D eigenvalue weighted by molar-refractivity contribution is 0.626. The molecule has 1 heterocycles. The molecule has 0 amide bonds. The second-order valence-corrected chi connectivity index (χ2v) is 6.61. The summed E-state index contributed by atoms with van der Waals surface area (Å²) in [6.45, 7) is 1.99. The van der Waals surface area contributed by atoms with Crippen LogP contribution in [0.25, 0.3) is 10.1 Å². The Balaban J connectivity index is 2.01. The highest BCUT2D eigenvalue weighted by molar-refractivity contribution is 8.01. The summed E-state index contributed by atoms with van der Waals surface area (Å²) in [6.07, 6.45) is 0. The molecule has 96 valence electrons. The monoisotopic (exact) mass is 292 g/mol. The van der Waals surface area contributed by atoms with Gasteiger partial charge in [-0.15, -0.1) is 11.3 Å². The standard InChI is InChI=1S/C15H10F2S2/c1-9-13-8-11(17)4-7-14(13)19-15(9)18-12-5-2-10(16)3-6-12/h2-8H,1H3. The van der Waals surface area contributed by atoms with Crippen molar-refractivity contribution < 1.29 is 8.78 Å². The maximum Gasteiger partial charge on any atom is 0.123 e. The lowest BCUT2D eigenvalue weighted by Gasteiger charge is -2.00. The Morgan fingerprint density at radius 2 is 1.63 bits per heavy atom. The molecule has 0 spiro atoms. The zero-order valence-electron chi connectivity index (χ0n) is 10.1. The smallest absolute Gasteiger partial charge is 0.123 e. The fraction of sp³-hybridized carbons (Fsp3) is 0.0667. The van der Waals surface area contributed by atoms with Crippen molar-refractivity contribution in [3.05, 3.63) is 59.7 Å². The van der Waals surface area contributed by atoms with E-state index >= 15 is 0 Å². The molecule has 0 aliphatic rings. The molecule has 0 saturated carbocycles. The summed E-state index contributed by atoms with van der Waals surface area (Å²) in [5, 5.41) is 0.953. The molecule has 0 atom stereocenters. The molecule has 0 nitrogen and oxygen atoms in total. The maximum atomic E-state index is 13.3. The van der Waals surface area contributed by atoms with Crippen LogP contribution in [-0.2, 0) is 0 Å². The molecule has 4 heteroatoms. The minimum Gasteiger partial charge on any atom is -0.207 e. The van der Waals surface area contributed by atoms with Gasteiger partial charge in [-0.2, -0.15) is 0 Å². The molecule has 1 aromatic heterocycles. The first-order valence-electron chi connectivity index (χ1n) is 5.75. The first kappa shape index (κ1) is 12.6. The molecule has 2 aromatic carbocycles. The average Bonchev–Trinajstić information content (AvgIpc) is 2.70. The summed E-state index contributed by atoms with van der Waals surface area (Å²) in [4.78, 5) is 0.983. The summed E-state index contributed by atoms with van der Waals surface area (Å²) in [5.41, 5.74) is 1.08. The highest BCUT2D eigenvalue weighted by Crippen LogP contribution is 2.41. The van der Waals surface area contributed by atoms with Crippen molar-refractivity contribution in [1.29, 1.82) is 0 Å². The van der Waals surface area contributed by atoms with Crippen LogP contribution in [0.4, 0.5) is 8.78 Å². The third-order valence-electron chi connectivity index (χ3n) is 2.88. The lowest BCUT2D eigenvalue weighted by Crippen LogP contribution is -1.76. The fourth-order valence-electron chi connectivity index (χ4n) is 1.88. The number of rotatable bonds is 2. The van der Waals surface area contributed by atoms with Gasteiger partial charge in [0, 0.05) is 9.60 Å². The van der Waals surface area contributed by atoms with Crippen LogP contribution in [0.3, 0.4) is 0 Å². The predicted octanol–water partition coefficient (Wildman–Crippen LogP) is 5.64. The van der Waals surface area contributed by atoms with E-state index in [-0.39, 0.29) is 11.6 Å². The van der Waals surface area contributed by atoms with Gasteiger partial charge in [0.25, 0.3) is 0 Å². The zero-order chi connectivity index (χ0) is 13.4. The Hall–Kier alpha value is -1.39. The normalized spacial score (nSPS) is 11.1. The first-order valence-corrected chi connectivity index (χ1v) is 7.39. The van der Waals surface area contributed by atoms with Gasteiger partial charge >= 0.3 is 0 Å². The van der Waals surface area contributed by atoms with Gasteiger partial charge in [-0.25, -0.2) is 8.78 Å². The number of thiophene rings is 1. The number of hydrogen-bond acceptors (Lipinski definition) is 2. The van der Waals surface area contributed by atoms with Gasteiger partial charge in [-0.05, 0) is 60.3 Å². The summed E-state index contributed by atoms with van der Waals surface area (Å²) in [7, 11) is 0. The molecular formula is C15H10F2S2. The van der Waals surface area contributed by atoms with Crippen molar-refractivity contribution in [3.8, 4) is 0 Å². The zero-order valence-corrected chi connectivity index (χ0v) is 11.7. The predicted molar refractivity (Wildman–Crippen MR) is 77.0 cm³/mol. The van der Waals surface area contributed by atoms with E-state index in [9.17, 15) is 8.78 Å². The van der Waals surface area contributed by atoms with E-state index in [1.165, 1.54) is 18.2 Å². The van der Waals surface area contributed by atoms with E-state index in [1.54, 1.807) is 47.4 Å². The van der Waals surface area contributed by atoms with E-state index in [4.69, 9.17) is 0 Å². The molecule has 0 fully saturated rings. The van der Waals surface area contributed by atoms with Gasteiger partial charge in [-0.1, -0.05) is 11.8 Å². The van der Waals surface area contributed by atoms with Crippen LogP contribution >= 0.6 is 23.1 Å². The van der Waals surface area contributed by atoms with Crippen molar-refractivity contribution in [2.45, 2.75) is 16.0 Å². The molecule has 3 aromatic rings. The van der Waals surface area contributed by atoms with E-state index in [1.807, 2.05) is 6.92 Å². The van der Waals surface area contributed by atoms with Crippen molar-refractivity contribution in [2.24, 2.45) is 0 Å². The van der Waals surface area contributed by atoms with Gasteiger partial charge in [0.1, 0.15) is 11.6 Å². The summed E-state index contributed by atoms with van der Waals surface area (Å²) >= 11 is 3.22. The highest BCUT2D eigenvalue weighted by Gasteiger charge is 2.10. The van der Waals surface area contributed by atoms with Crippen LogP contribution in [0, 0.1) is 18.6 Å². The van der Waals surface area contributed by atoms with Crippen LogP contribution in [0.1, 0.15) is 5.56 Å². The quantitative estimate of drug-likeness (QED) is 0.589. The Bertz CT molecular complexity index is 730. The van der Waals surface area contributed by atoms with Crippen molar-refractivity contribution in [3.63, 3.8) is 0 Å². The van der Waals surface area contributed by atoms with E-state index in [0.717, 1.165) is 24.8 Å². The Labute approximate surface area is 118 Å². The summed E-state index contributed by atoms with van der Waals surface area (Å²) < 4.78 is 28.3. The summed E-state index contributed by atoms with van der Waals surface area (Å²) in [5.74, 6) is -0.453. The van der Waals surface area contributed by atoms with Crippen LogP contribution < -0.4 is 0 Å². The van der Waals surface area contributed by atoms with E-state index < -0.39 is 0 Å². The van der Waals surface area contributed by atoms with E-state index in [2.05, 4.69) is 0 Å². The largest absolute Gasteiger partial charge is 0.207 e. The lowest BCUT2D eigenvalue weighted by atomic mass is 10.2. The number of fused-ring (bicyclic) bond motifs is 1. The van der Waals surface area contributed by atoms with Crippen LogP contribution in [0.15, 0.2) is 51.6 Å². The minimum atomic E-state index is -0.237. The first-order chi connectivity index (χ1) is 9.13. The molecule has 0 radical (unpaired) electrons. The maximum absolute atomic E-state index is 13.3. The van der Waals surface area contributed by atoms with Gasteiger partial charge in [0.2, 0.25) is 0 Å². The molecule has 0 saturated heterocycles. The molecule has 0 bridgehead atoms. The SMILES string of the molecule is Cc1c(Sc2ccc(F)cc2)sc2ccc(F)cc12. The molecule has 19 heavy (non-hydrogen) atoms. The van der Waals surface area contributed by atoms with Crippen LogP contribution in [0.2, 0.25) is 0 Å². The van der Waals surface area contributed by atoms with Crippen molar-refractivity contribution >= 4 is 33.2 Å². The van der Waals surface area contributed by atoms with Gasteiger partial charge in [0.05, 0.1) is 4.21 Å². The second-order valence-electron chi connectivity index (χ2n) is 4.21. The molecule has 0 unspecified atom stereocenters.